The van der Waals surface area contributed by atoms with E-state index in [0.717, 1.165) is 0 Å². The van der Waals surface area contributed by atoms with Crippen LogP contribution in [0.25, 0.3) is 0 Å². The third-order valence-corrected chi connectivity index (χ3v) is 2.53. The number of hydrogen-bond donors (Lipinski definition) is 1. The van der Waals surface area contributed by atoms with Crippen LogP contribution in [0.5, 0.6) is 11.5 Å². The summed E-state index contributed by atoms with van der Waals surface area (Å²) >= 11 is 0. The molecular formula is C12H17NO3. The molecule has 4 nitrogen and oxygen atoms in total. The number of methoxy groups -OCH3 is 1. The molecule has 88 valence electrons. The molecule has 0 spiro atoms. The van der Waals surface area contributed by atoms with Crippen LogP contribution in [0.1, 0.15) is 24.2 Å². The summed E-state index contributed by atoms with van der Waals surface area (Å²) in [5.41, 5.74) is 0.260. The van der Waals surface area contributed by atoms with Crippen molar-refractivity contribution in [1.82, 2.24) is 4.90 Å². The number of ether oxygens (including phenoxy) is 1. The highest BCUT2D eigenvalue weighted by atomic mass is 16.5. The lowest BCUT2D eigenvalue weighted by atomic mass is 10.1. The molecule has 0 saturated heterocycles. The minimum absolute atomic E-state index is 0.0294. The van der Waals surface area contributed by atoms with E-state index in [1.807, 2.05) is 13.8 Å². The van der Waals surface area contributed by atoms with Gasteiger partial charge in [0.05, 0.1) is 12.7 Å². The Morgan fingerprint density at radius 1 is 1.44 bits per heavy atom. The van der Waals surface area contributed by atoms with E-state index in [1.54, 1.807) is 18.0 Å². The Labute approximate surface area is 95.5 Å². The molecule has 0 radical (unpaired) electrons. The molecule has 1 aromatic carbocycles. The maximum absolute atomic E-state index is 12.0. The standard InChI is InChI=1S/C12H17NO3/c1-8(2)13(3)12(15)10-7-9(16-4)5-6-11(10)14/h5-8,14H,1-4H3. The van der Waals surface area contributed by atoms with Gasteiger partial charge in [-0.05, 0) is 32.0 Å². The van der Waals surface area contributed by atoms with Crippen molar-refractivity contribution < 1.29 is 14.6 Å². The zero-order valence-electron chi connectivity index (χ0n) is 10.0. The normalized spacial score (nSPS) is 10.3. The lowest BCUT2D eigenvalue weighted by Crippen LogP contribution is -2.33. The van der Waals surface area contributed by atoms with Crippen LogP contribution >= 0.6 is 0 Å². The summed E-state index contributed by atoms with van der Waals surface area (Å²) in [6.45, 7) is 3.82. The van der Waals surface area contributed by atoms with E-state index >= 15 is 0 Å². The van der Waals surface area contributed by atoms with Crippen molar-refractivity contribution >= 4 is 5.91 Å². The minimum Gasteiger partial charge on any atom is -0.507 e. The van der Waals surface area contributed by atoms with E-state index in [2.05, 4.69) is 0 Å². The van der Waals surface area contributed by atoms with Crippen molar-refractivity contribution in [3.63, 3.8) is 0 Å². The minimum atomic E-state index is -0.216. The topological polar surface area (TPSA) is 49.8 Å². The molecule has 0 aromatic heterocycles. The molecule has 0 aliphatic rings. The molecule has 0 aliphatic carbocycles. The Balaban J connectivity index is 3.07. The van der Waals surface area contributed by atoms with Crippen LogP contribution in [-0.2, 0) is 0 Å². The van der Waals surface area contributed by atoms with Crippen LogP contribution in [0, 0.1) is 0 Å². The molecule has 0 unspecified atom stereocenters. The maximum atomic E-state index is 12.0. The quantitative estimate of drug-likeness (QED) is 0.851. The van der Waals surface area contributed by atoms with Gasteiger partial charge in [0, 0.05) is 13.1 Å². The van der Waals surface area contributed by atoms with Crippen molar-refractivity contribution in [2.24, 2.45) is 0 Å². The summed E-state index contributed by atoms with van der Waals surface area (Å²) in [7, 11) is 3.22. The Morgan fingerprint density at radius 2 is 2.06 bits per heavy atom. The van der Waals surface area contributed by atoms with E-state index in [4.69, 9.17) is 4.74 Å². The molecule has 1 rings (SSSR count). The highest BCUT2D eigenvalue weighted by Crippen LogP contribution is 2.24. The van der Waals surface area contributed by atoms with Gasteiger partial charge >= 0.3 is 0 Å². The molecule has 16 heavy (non-hydrogen) atoms. The zero-order valence-corrected chi connectivity index (χ0v) is 10.0. The fourth-order valence-corrected chi connectivity index (χ4v) is 1.24. The lowest BCUT2D eigenvalue weighted by Gasteiger charge is -2.22. The van der Waals surface area contributed by atoms with Crippen LogP contribution in [0.3, 0.4) is 0 Å². The third-order valence-electron chi connectivity index (χ3n) is 2.53. The second-order valence-corrected chi connectivity index (χ2v) is 3.89. The fraction of sp³-hybridized carbons (Fsp3) is 0.417. The molecule has 1 amide bonds. The third kappa shape index (κ3) is 2.45. The molecule has 0 bridgehead atoms. The number of carbonyl (C=O) groups is 1. The Morgan fingerprint density at radius 3 is 2.56 bits per heavy atom. The molecule has 0 aliphatic heterocycles. The Kier molecular flexibility index (Phi) is 3.77. The molecule has 0 heterocycles. The van der Waals surface area contributed by atoms with Crippen LogP contribution in [-0.4, -0.2) is 36.1 Å². The first-order chi connectivity index (χ1) is 7.47. The van der Waals surface area contributed by atoms with Crippen molar-refractivity contribution in [3.8, 4) is 11.5 Å². The number of nitrogens with zero attached hydrogens (tertiary/aromatic N) is 1. The van der Waals surface area contributed by atoms with Gasteiger partial charge in [0.15, 0.2) is 0 Å². The van der Waals surface area contributed by atoms with Gasteiger partial charge < -0.3 is 14.7 Å². The smallest absolute Gasteiger partial charge is 0.257 e. The maximum Gasteiger partial charge on any atom is 0.257 e. The predicted octanol–water partition coefficient (Wildman–Crippen LogP) is 1.88. The number of benzene rings is 1. The van der Waals surface area contributed by atoms with Crippen molar-refractivity contribution in [2.45, 2.75) is 19.9 Å². The summed E-state index contributed by atoms with van der Waals surface area (Å²) in [5, 5.41) is 9.63. The van der Waals surface area contributed by atoms with Gasteiger partial charge in [0.2, 0.25) is 0 Å². The fourth-order valence-electron chi connectivity index (χ4n) is 1.24. The number of carbonyl (C=O) groups excluding carboxylic acids is 1. The zero-order chi connectivity index (χ0) is 12.3. The molecule has 1 N–H and O–H groups in total. The first kappa shape index (κ1) is 12.4. The van der Waals surface area contributed by atoms with Gasteiger partial charge in [-0.3, -0.25) is 4.79 Å². The number of aromatic hydroxyl groups is 1. The van der Waals surface area contributed by atoms with E-state index in [0.29, 0.717) is 5.75 Å². The molecule has 0 fully saturated rings. The number of rotatable bonds is 3. The van der Waals surface area contributed by atoms with E-state index < -0.39 is 0 Å². The summed E-state index contributed by atoms with van der Waals surface area (Å²) < 4.78 is 5.02. The van der Waals surface area contributed by atoms with Gasteiger partial charge in [-0.15, -0.1) is 0 Å². The van der Waals surface area contributed by atoms with Gasteiger partial charge in [0.25, 0.3) is 5.91 Å². The van der Waals surface area contributed by atoms with Gasteiger partial charge in [-0.2, -0.15) is 0 Å². The van der Waals surface area contributed by atoms with Gasteiger partial charge in [0.1, 0.15) is 11.5 Å². The summed E-state index contributed by atoms with van der Waals surface area (Å²) in [6.07, 6.45) is 0. The average Bonchev–Trinajstić information content (AvgIpc) is 2.27. The number of phenolic OH excluding ortho intramolecular Hbond substituents is 1. The lowest BCUT2D eigenvalue weighted by molar-refractivity contribution is 0.0751. The van der Waals surface area contributed by atoms with Gasteiger partial charge in [-0.1, -0.05) is 0 Å². The van der Waals surface area contributed by atoms with Gasteiger partial charge in [-0.25, -0.2) is 0 Å². The van der Waals surface area contributed by atoms with Crippen molar-refractivity contribution in [2.75, 3.05) is 14.2 Å². The summed E-state index contributed by atoms with van der Waals surface area (Å²) in [4.78, 5) is 13.5. The highest BCUT2D eigenvalue weighted by Gasteiger charge is 2.18. The largest absolute Gasteiger partial charge is 0.507 e. The monoisotopic (exact) mass is 223 g/mol. The highest BCUT2D eigenvalue weighted by molar-refractivity contribution is 5.97. The van der Waals surface area contributed by atoms with Crippen LogP contribution in [0.15, 0.2) is 18.2 Å². The van der Waals surface area contributed by atoms with E-state index in [1.165, 1.54) is 19.2 Å². The van der Waals surface area contributed by atoms with Crippen molar-refractivity contribution in [1.29, 1.82) is 0 Å². The second-order valence-electron chi connectivity index (χ2n) is 3.89. The van der Waals surface area contributed by atoms with Crippen LogP contribution in [0.4, 0.5) is 0 Å². The molecule has 0 atom stereocenters. The molecule has 1 aromatic rings. The SMILES string of the molecule is COc1ccc(O)c(C(=O)N(C)C(C)C)c1. The summed E-state index contributed by atoms with van der Waals surface area (Å²) in [5.74, 6) is 0.308. The first-order valence-electron chi connectivity index (χ1n) is 5.11. The van der Waals surface area contributed by atoms with Crippen LogP contribution in [0.2, 0.25) is 0 Å². The van der Waals surface area contributed by atoms with E-state index in [-0.39, 0.29) is 23.3 Å². The van der Waals surface area contributed by atoms with Crippen molar-refractivity contribution in [3.05, 3.63) is 23.8 Å². The first-order valence-corrected chi connectivity index (χ1v) is 5.11. The number of phenols is 1. The second kappa shape index (κ2) is 4.88. The summed E-state index contributed by atoms with van der Waals surface area (Å²) in [6, 6.07) is 4.69. The molecule has 4 heteroatoms. The molecule has 0 saturated carbocycles. The Bertz CT molecular complexity index is 388. The predicted molar refractivity (Wildman–Crippen MR) is 61.9 cm³/mol. The number of hydrogen-bond acceptors (Lipinski definition) is 3. The number of amides is 1. The van der Waals surface area contributed by atoms with E-state index in [9.17, 15) is 9.90 Å². The Hall–Kier alpha value is -1.71. The molecular weight excluding hydrogens is 206 g/mol. The average molecular weight is 223 g/mol. The van der Waals surface area contributed by atoms with Crippen LogP contribution < -0.4 is 4.74 Å².